The minimum Gasteiger partial charge on any atom is -0.384 e. The Balaban J connectivity index is 2.02. The van der Waals surface area contributed by atoms with Gasteiger partial charge >= 0.3 is 0 Å². The highest BCUT2D eigenvalue weighted by Crippen LogP contribution is 2.40. The van der Waals surface area contributed by atoms with Gasteiger partial charge in [0.25, 0.3) is 0 Å². The average molecular weight is 239 g/mol. The first-order chi connectivity index (χ1) is 8.76. The number of anilines is 1. The number of aryl methyl sites for hydroxylation is 1. The van der Waals surface area contributed by atoms with Crippen molar-refractivity contribution in [2.45, 2.75) is 32.1 Å². The third-order valence-electron chi connectivity index (χ3n) is 3.35. The van der Waals surface area contributed by atoms with Crippen LogP contribution in [0.5, 0.6) is 0 Å². The lowest BCUT2D eigenvalue weighted by molar-refractivity contribution is 1.01. The molecular weight excluding hydrogens is 222 g/mol. The van der Waals surface area contributed by atoms with E-state index in [9.17, 15) is 0 Å². The van der Waals surface area contributed by atoms with E-state index in [1.54, 1.807) is 0 Å². The second-order valence-electron chi connectivity index (χ2n) is 4.86. The van der Waals surface area contributed by atoms with Gasteiger partial charge in [0.1, 0.15) is 5.82 Å². The minimum absolute atomic E-state index is 0.550. The van der Waals surface area contributed by atoms with E-state index in [-0.39, 0.29) is 0 Å². The number of aromatic nitrogens is 2. The summed E-state index contributed by atoms with van der Waals surface area (Å²) in [7, 11) is 0. The molecule has 2 N–H and O–H groups in total. The molecule has 0 radical (unpaired) electrons. The van der Waals surface area contributed by atoms with Gasteiger partial charge in [-0.3, -0.25) is 0 Å². The van der Waals surface area contributed by atoms with Crippen molar-refractivity contribution in [1.82, 2.24) is 9.97 Å². The molecular formula is C15H17N3. The lowest BCUT2D eigenvalue weighted by Gasteiger charge is -2.06. The fourth-order valence-electron chi connectivity index (χ4n) is 2.18. The summed E-state index contributed by atoms with van der Waals surface area (Å²) in [4.78, 5) is 8.89. The van der Waals surface area contributed by atoms with Crippen molar-refractivity contribution in [3.05, 3.63) is 41.6 Å². The zero-order valence-electron chi connectivity index (χ0n) is 10.6. The lowest BCUT2D eigenvalue weighted by atomic mass is 10.1. The summed E-state index contributed by atoms with van der Waals surface area (Å²) < 4.78 is 0. The Bertz CT molecular complexity index is 574. The summed E-state index contributed by atoms with van der Waals surface area (Å²) >= 11 is 0. The number of nitrogens with two attached hydrogens (primary N) is 1. The topological polar surface area (TPSA) is 51.8 Å². The highest BCUT2D eigenvalue weighted by atomic mass is 14.9. The Labute approximate surface area is 107 Å². The van der Waals surface area contributed by atoms with Crippen molar-refractivity contribution in [3.63, 3.8) is 0 Å². The van der Waals surface area contributed by atoms with E-state index in [1.807, 2.05) is 6.07 Å². The Morgan fingerprint density at radius 2 is 2.06 bits per heavy atom. The predicted octanol–water partition coefficient (Wildman–Crippen LogP) is 3.17. The quantitative estimate of drug-likeness (QED) is 0.895. The van der Waals surface area contributed by atoms with Crippen LogP contribution in [0.3, 0.4) is 0 Å². The largest absolute Gasteiger partial charge is 0.384 e. The highest BCUT2D eigenvalue weighted by molar-refractivity contribution is 5.58. The van der Waals surface area contributed by atoms with E-state index in [2.05, 4.69) is 41.2 Å². The number of nitrogen functional groups attached to an aromatic ring is 1. The normalized spacial score (nSPS) is 14.7. The minimum atomic E-state index is 0.550. The lowest BCUT2D eigenvalue weighted by Crippen LogP contribution is -1.99. The molecule has 1 aliphatic rings. The van der Waals surface area contributed by atoms with Crippen LogP contribution in [0.2, 0.25) is 0 Å². The van der Waals surface area contributed by atoms with Gasteiger partial charge in [0.05, 0.1) is 0 Å². The van der Waals surface area contributed by atoms with E-state index < -0.39 is 0 Å². The third-order valence-corrected chi connectivity index (χ3v) is 3.35. The zero-order valence-corrected chi connectivity index (χ0v) is 10.6. The molecule has 1 aromatic heterocycles. The Morgan fingerprint density at radius 3 is 2.78 bits per heavy atom. The maximum atomic E-state index is 5.83. The second kappa shape index (κ2) is 4.41. The number of hydrogen-bond donors (Lipinski definition) is 1. The smallest absolute Gasteiger partial charge is 0.161 e. The van der Waals surface area contributed by atoms with Crippen molar-refractivity contribution in [2.24, 2.45) is 0 Å². The average Bonchev–Trinajstić information content (AvgIpc) is 3.22. The molecule has 0 aliphatic heterocycles. The molecule has 1 aliphatic carbocycles. The summed E-state index contributed by atoms with van der Waals surface area (Å²) in [5.41, 5.74) is 9.30. The Morgan fingerprint density at radius 1 is 1.22 bits per heavy atom. The van der Waals surface area contributed by atoms with Crippen LogP contribution in [0, 0.1) is 0 Å². The van der Waals surface area contributed by atoms with Crippen LogP contribution < -0.4 is 5.73 Å². The molecule has 3 nitrogen and oxygen atoms in total. The molecule has 3 rings (SSSR count). The molecule has 0 unspecified atom stereocenters. The van der Waals surface area contributed by atoms with Gasteiger partial charge in [-0.15, -0.1) is 0 Å². The summed E-state index contributed by atoms with van der Waals surface area (Å²) in [6.45, 7) is 2.08. The molecule has 1 heterocycles. The van der Waals surface area contributed by atoms with E-state index in [0.717, 1.165) is 29.4 Å². The van der Waals surface area contributed by atoms with Crippen LogP contribution in [-0.4, -0.2) is 9.97 Å². The van der Waals surface area contributed by atoms with E-state index >= 15 is 0 Å². The van der Waals surface area contributed by atoms with Crippen LogP contribution in [0.15, 0.2) is 30.3 Å². The SMILES string of the molecule is CCc1cc(N)nc(-c2cccc(C3CC3)c2)n1. The highest BCUT2D eigenvalue weighted by Gasteiger charge is 2.23. The van der Waals surface area contributed by atoms with Crippen molar-refractivity contribution >= 4 is 5.82 Å². The summed E-state index contributed by atoms with van der Waals surface area (Å²) in [6, 6.07) is 10.4. The molecule has 0 spiro atoms. The number of nitrogens with zero attached hydrogens (tertiary/aromatic N) is 2. The molecule has 1 aromatic carbocycles. The van der Waals surface area contributed by atoms with Crippen LogP contribution >= 0.6 is 0 Å². The maximum Gasteiger partial charge on any atom is 0.161 e. The molecule has 0 bridgehead atoms. The van der Waals surface area contributed by atoms with Gasteiger partial charge in [0.15, 0.2) is 5.82 Å². The first kappa shape index (κ1) is 11.2. The molecule has 3 heteroatoms. The second-order valence-corrected chi connectivity index (χ2v) is 4.86. The standard InChI is InChI=1S/C15H17N3/c1-2-13-9-14(16)18-15(17-13)12-5-3-4-11(8-12)10-6-7-10/h3-5,8-10H,2,6-7H2,1H3,(H2,16,17,18). The van der Waals surface area contributed by atoms with Crippen LogP contribution in [-0.2, 0) is 6.42 Å². The summed E-state index contributed by atoms with van der Waals surface area (Å²) in [5, 5.41) is 0. The van der Waals surface area contributed by atoms with Crippen molar-refractivity contribution in [1.29, 1.82) is 0 Å². The number of rotatable bonds is 3. The molecule has 2 aromatic rings. The van der Waals surface area contributed by atoms with Crippen molar-refractivity contribution < 1.29 is 0 Å². The van der Waals surface area contributed by atoms with Gasteiger partial charge in [-0.1, -0.05) is 25.1 Å². The molecule has 18 heavy (non-hydrogen) atoms. The van der Waals surface area contributed by atoms with Gasteiger partial charge in [-0.25, -0.2) is 9.97 Å². The Hall–Kier alpha value is -1.90. The van der Waals surface area contributed by atoms with Gasteiger partial charge < -0.3 is 5.73 Å². The molecule has 1 fully saturated rings. The fraction of sp³-hybridized carbons (Fsp3) is 0.333. The molecule has 1 saturated carbocycles. The molecule has 0 saturated heterocycles. The van der Waals surface area contributed by atoms with Crippen LogP contribution in [0.1, 0.15) is 36.9 Å². The van der Waals surface area contributed by atoms with Crippen LogP contribution in [0.25, 0.3) is 11.4 Å². The van der Waals surface area contributed by atoms with E-state index in [4.69, 9.17) is 5.73 Å². The van der Waals surface area contributed by atoms with Gasteiger partial charge in [0.2, 0.25) is 0 Å². The van der Waals surface area contributed by atoms with Gasteiger partial charge in [-0.2, -0.15) is 0 Å². The molecule has 92 valence electrons. The third kappa shape index (κ3) is 2.21. The summed E-state index contributed by atoms with van der Waals surface area (Å²) in [5.74, 6) is 2.04. The molecule has 0 atom stereocenters. The van der Waals surface area contributed by atoms with Crippen molar-refractivity contribution in [2.75, 3.05) is 5.73 Å². The fourth-order valence-corrected chi connectivity index (χ4v) is 2.18. The van der Waals surface area contributed by atoms with E-state index in [0.29, 0.717) is 5.82 Å². The monoisotopic (exact) mass is 239 g/mol. The van der Waals surface area contributed by atoms with E-state index in [1.165, 1.54) is 18.4 Å². The number of hydrogen-bond acceptors (Lipinski definition) is 3. The first-order valence-electron chi connectivity index (χ1n) is 6.50. The molecule has 0 amide bonds. The zero-order chi connectivity index (χ0) is 12.5. The van der Waals surface area contributed by atoms with Crippen LogP contribution in [0.4, 0.5) is 5.82 Å². The first-order valence-corrected chi connectivity index (χ1v) is 6.50. The Kier molecular flexibility index (Phi) is 2.74. The van der Waals surface area contributed by atoms with Gasteiger partial charge in [-0.05, 0) is 36.8 Å². The van der Waals surface area contributed by atoms with Gasteiger partial charge in [0, 0.05) is 17.3 Å². The number of benzene rings is 1. The maximum absolute atomic E-state index is 5.83. The van der Waals surface area contributed by atoms with Crippen molar-refractivity contribution in [3.8, 4) is 11.4 Å². The predicted molar refractivity (Wildman–Crippen MR) is 73.2 cm³/mol. The summed E-state index contributed by atoms with van der Waals surface area (Å²) in [6.07, 6.45) is 3.49.